The topological polar surface area (TPSA) is 64.3 Å². The average molecular weight is 236 g/mol. The van der Waals surface area contributed by atoms with Crippen LogP contribution in [-0.2, 0) is 11.2 Å². The van der Waals surface area contributed by atoms with Crippen molar-refractivity contribution in [2.24, 2.45) is 5.84 Å². The van der Waals surface area contributed by atoms with Gasteiger partial charge in [-0.05, 0) is 24.1 Å². The molecule has 0 bridgehead atoms. The molecule has 1 rings (SSSR count). The number of carbonyl (C=O) groups excluding carboxylic acids is 1. The summed E-state index contributed by atoms with van der Waals surface area (Å²) in [5.74, 6) is 5.67. The summed E-state index contributed by atoms with van der Waals surface area (Å²) in [6, 6.07) is 7.52. The largest absolute Gasteiger partial charge is 0.494 e. The van der Waals surface area contributed by atoms with Gasteiger partial charge in [0.1, 0.15) is 5.75 Å². The summed E-state index contributed by atoms with van der Waals surface area (Å²) in [4.78, 5) is 11.0. The van der Waals surface area contributed by atoms with Crippen molar-refractivity contribution in [3.8, 4) is 5.75 Å². The molecule has 0 aliphatic heterocycles. The molecule has 94 valence electrons. The number of nitrogens with two attached hydrogens (primary N) is 1. The molecule has 0 aliphatic rings. The number of nitrogens with one attached hydrogen (secondary N) is 1. The second-order valence-corrected chi connectivity index (χ2v) is 3.94. The fraction of sp³-hybridized carbons (Fsp3) is 0.462. The zero-order chi connectivity index (χ0) is 12.5. The van der Waals surface area contributed by atoms with Crippen LogP contribution in [0.15, 0.2) is 24.3 Å². The molecule has 17 heavy (non-hydrogen) atoms. The van der Waals surface area contributed by atoms with Crippen molar-refractivity contribution in [1.29, 1.82) is 0 Å². The van der Waals surface area contributed by atoms with E-state index < -0.39 is 0 Å². The Balaban J connectivity index is 2.36. The van der Waals surface area contributed by atoms with Crippen LogP contribution in [0.4, 0.5) is 0 Å². The number of rotatable bonds is 7. The minimum Gasteiger partial charge on any atom is -0.494 e. The number of benzene rings is 1. The molecule has 0 saturated carbocycles. The van der Waals surface area contributed by atoms with Gasteiger partial charge in [-0.3, -0.25) is 10.2 Å². The van der Waals surface area contributed by atoms with E-state index in [0.717, 1.165) is 24.3 Å². The van der Waals surface area contributed by atoms with Gasteiger partial charge >= 0.3 is 0 Å². The Kier molecular flexibility index (Phi) is 6.10. The van der Waals surface area contributed by atoms with Gasteiger partial charge in [-0.15, -0.1) is 0 Å². The molecule has 0 radical (unpaired) electrons. The third-order valence-corrected chi connectivity index (χ3v) is 2.47. The van der Waals surface area contributed by atoms with E-state index in [9.17, 15) is 4.79 Å². The lowest BCUT2D eigenvalue weighted by Crippen LogP contribution is -2.31. The van der Waals surface area contributed by atoms with E-state index >= 15 is 0 Å². The molecule has 0 unspecified atom stereocenters. The molecular weight excluding hydrogens is 216 g/mol. The first kappa shape index (κ1) is 13.5. The Labute approximate surface area is 102 Å². The number of hydrogen-bond acceptors (Lipinski definition) is 3. The second-order valence-electron chi connectivity index (χ2n) is 3.94. The van der Waals surface area contributed by atoms with Crippen LogP contribution < -0.4 is 16.0 Å². The molecule has 1 amide bonds. The predicted octanol–water partition coefficient (Wildman–Crippen LogP) is 1.79. The van der Waals surface area contributed by atoms with Crippen molar-refractivity contribution in [2.45, 2.75) is 32.6 Å². The van der Waals surface area contributed by atoms with Crippen molar-refractivity contribution in [3.63, 3.8) is 0 Å². The van der Waals surface area contributed by atoms with Crippen molar-refractivity contribution in [3.05, 3.63) is 29.8 Å². The Bertz CT molecular complexity index is 336. The molecular formula is C13H20N2O2. The van der Waals surface area contributed by atoms with Crippen molar-refractivity contribution in [2.75, 3.05) is 6.61 Å². The van der Waals surface area contributed by atoms with Gasteiger partial charge in [-0.25, -0.2) is 5.84 Å². The minimum absolute atomic E-state index is 0.193. The van der Waals surface area contributed by atoms with Gasteiger partial charge in [0.2, 0.25) is 5.91 Å². The van der Waals surface area contributed by atoms with E-state index in [-0.39, 0.29) is 5.91 Å². The van der Waals surface area contributed by atoms with Crippen LogP contribution in [0.5, 0.6) is 5.75 Å². The van der Waals surface area contributed by atoms with Crippen LogP contribution in [0.1, 0.15) is 31.7 Å². The molecule has 0 fully saturated rings. The first-order valence-electron chi connectivity index (χ1n) is 5.97. The summed E-state index contributed by atoms with van der Waals surface area (Å²) in [6.45, 7) is 2.91. The summed E-state index contributed by atoms with van der Waals surface area (Å²) in [6.07, 6.45) is 3.76. The fourth-order valence-corrected chi connectivity index (χ4v) is 1.48. The van der Waals surface area contributed by atoms with Crippen molar-refractivity contribution >= 4 is 5.91 Å². The van der Waals surface area contributed by atoms with Crippen molar-refractivity contribution < 1.29 is 9.53 Å². The van der Waals surface area contributed by atoms with Gasteiger partial charge in [-0.1, -0.05) is 31.9 Å². The summed E-state index contributed by atoms with van der Waals surface area (Å²) in [5, 5.41) is 0. The molecule has 0 heterocycles. The first-order valence-corrected chi connectivity index (χ1v) is 5.97. The molecule has 0 saturated heterocycles. The molecule has 1 aromatic carbocycles. The number of ether oxygens (including phenoxy) is 1. The van der Waals surface area contributed by atoms with E-state index in [1.54, 1.807) is 0 Å². The SMILES string of the molecule is CCCCCOc1ccc(CC(=O)NN)cc1. The van der Waals surface area contributed by atoms with Crippen molar-refractivity contribution in [1.82, 2.24) is 5.43 Å². The van der Waals surface area contributed by atoms with Gasteiger partial charge in [0.15, 0.2) is 0 Å². The summed E-state index contributed by atoms with van der Waals surface area (Å²) in [5.41, 5.74) is 3.03. The van der Waals surface area contributed by atoms with Gasteiger partial charge in [0, 0.05) is 0 Å². The highest BCUT2D eigenvalue weighted by atomic mass is 16.5. The predicted molar refractivity (Wildman–Crippen MR) is 67.5 cm³/mol. The highest BCUT2D eigenvalue weighted by molar-refractivity contribution is 5.77. The lowest BCUT2D eigenvalue weighted by Gasteiger charge is -2.06. The number of carbonyl (C=O) groups is 1. The maximum atomic E-state index is 11.0. The lowest BCUT2D eigenvalue weighted by atomic mass is 10.1. The van der Waals surface area contributed by atoms with E-state index in [2.05, 4.69) is 12.3 Å². The number of unbranched alkanes of at least 4 members (excludes halogenated alkanes) is 2. The second kappa shape index (κ2) is 7.68. The Morgan fingerprint density at radius 2 is 2.00 bits per heavy atom. The van der Waals surface area contributed by atoms with Crippen LogP contribution in [0.25, 0.3) is 0 Å². The third-order valence-electron chi connectivity index (χ3n) is 2.47. The van der Waals surface area contributed by atoms with Crippen LogP contribution >= 0.6 is 0 Å². The zero-order valence-corrected chi connectivity index (χ0v) is 10.2. The summed E-state index contributed by atoms with van der Waals surface area (Å²) in [7, 11) is 0. The Morgan fingerprint density at radius 3 is 2.59 bits per heavy atom. The smallest absolute Gasteiger partial charge is 0.238 e. The maximum absolute atomic E-state index is 11.0. The van der Waals surface area contributed by atoms with E-state index in [1.165, 1.54) is 12.8 Å². The van der Waals surface area contributed by atoms with Crippen LogP contribution in [-0.4, -0.2) is 12.5 Å². The number of amides is 1. The highest BCUT2D eigenvalue weighted by Crippen LogP contribution is 2.13. The lowest BCUT2D eigenvalue weighted by molar-refractivity contribution is -0.120. The molecule has 0 aromatic heterocycles. The molecule has 0 aliphatic carbocycles. The fourth-order valence-electron chi connectivity index (χ4n) is 1.48. The number of hydrogen-bond donors (Lipinski definition) is 2. The maximum Gasteiger partial charge on any atom is 0.238 e. The van der Waals surface area contributed by atoms with Crippen LogP contribution in [0.3, 0.4) is 0 Å². The summed E-state index contributed by atoms with van der Waals surface area (Å²) < 4.78 is 5.57. The van der Waals surface area contributed by atoms with Gasteiger partial charge in [0.05, 0.1) is 13.0 Å². The standard InChI is InChI=1S/C13H20N2O2/c1-2-3-4-9-17-12-7-5-11(6-8-12)10-13(16)15-14/h5-8H,2-4,9-10,14H2,1H3,(H,15,16). The quantitative estimate of drug-likeness (QED) is 0.328. The normalized spacial score (nSPS) is 10.0. The van der Waals surface area contributed by atoms with E-state index in [0.29, 0.717) is 6.42 Å². The first-order chi connectivity index (χ1) is 8.26. The van der Waals surface area contributed by atoms with Gasteiger partial charge < -0.3 is 4.74 Å². The molecule has 0 atom stereocenters. The number of hydrazine groups is 1. The highest BCUT2D eigenvalue weighted by Gasteiger charge is 2.01. The zero-order valence-electron chi connectivity index (χ0n) is 10.2. The van der Waals surface area contributed by atoms with E-state index in [4.69, 9.17) is 10.6 Å². The summed E-state index contributed by atoms with van der Waals surface area (Å²) >= 11 is 0. The van der Waals surface area contributed by atoms with Crippen LogP contribution in [0.2, 0.25) is 0 Å². The minimum atomic E-state index is -0.193. The molecule has 0 spiro atoms. The Morgan fingerprint density at radius 1 is 1.29 bits per heavy atom. The van der Waals surface area contributed by atoms with Gasteiger partial charge in [-0.2, -0.15) is 0 Å². The Hall–Kier alpha value is -1.55. The third kappa shape index (κ3) is 5.36. The molecule has 4 heteroatoms. The monoisotopic (exact) mass is 236 g/mol. The molecule has 3 N–H and O–H groups in total. The van der Waals surface area contributed by atoms with Gasteiger partial charge in [0.25, 0.3) is 0 Å². The molecule has 1 aromatic rings. The van der Waals surface area contributed by atoms with E-state index in [1.807, 2.05) is 24.3 Å². The average Bonchev–Trinajstić information content (AvgIpc) is 2.36. The van der Waals surface area contributed by atoms with Crippen LogP contribution in [0, 0.1) is 0 Å². The molecule has 4 nitrogen and oxygen atoms in total.